The number of anilines is 1. The summed E-state index contributed by atoms with van der Waals surface area (Å²) in [6.45, 7) is 2.05. The van der Waals surface area contributed by atoms with Crippen LogP contribution in [0.1, 0.15) is 21.6 Å². The Labute approximate surface area is 182 Å². The zero-order valence-electron chi connectivity index (χ0n) is 16.6. The number of hydrogen-bond acceptors (Lipinski definition) is 4. The van der Waals surface area contributed by atoms with Crippen molar-refractivity contribution in [2.24, 2.45) is 0 Å². The second-order valence-electron chi connectivity index (χ2n) is 6.92. The Hall–Kier alpha value is -3.58. The van der Waals surface area contributed by atoms with Gasteiger partial charge in [0.25, 0.3) is 5.91 Å². The molecule has 31 heavy (non-hydrogen) atoms. The number of ether oxygens (including phenoxy) is 1. The number of halogens is 2. The third-order valence-corrected chi connectivity index (χ3v) is 5.37. The summed E-state index contributed by atoms with van der Waals surface area (Å²) in [5.41, 5.74) is 2.66. The number of thiazole rings is 1. The Kier molecular flexibility index (Phi) is 6.04. The van der Waals surface area contributed by atoms with Crippen molar-refractivity contribution in [2.75, 3.05) is 5.32 Å². The standard InChI is InChI=1S/C24H18F2N2O2S/c1-15-8-9-20(26)21(10-15)27-23(29)22-14-31-24(28-22)17-5-3-7-19(12-17)30-13-16-4-2-6-18(25)11-16/h2-12,14H,13H2,1H3,(H,27,29). The van der Waals surface area contributed by atoms with Crippen LogP contribution in [0.15, 0.2) is 72.1 Å². The molecule has 4 nitrogen and oxygen atoms in total. The Morgan fingerprint density at radius 3 is 2.74 bits per heavy atom. The van der Waals surface area contributed by atoms with Crippen molar-refractivity contribution in [3.05, 3.63) is 101 Å². The van der Waals surface area contributed by atoms with E-state index in [-0.39, 0.29) is 23.8 Å². The summed E-state index contributed by atoms with van der Waals surface area (Å²) in [4.78, 5) is 16.9. The van der Waals surface area contributed by atoms with Crippen molar-refractivity contribution in [1.82, 2.24) is 4.98 Å². The number of nitrogens with zero attached hydrogens (tertiary/aromatic N) is 1. The molecule has 156 valence electrons. The predicted molar refractivity (Wildman–Crippen MR) is 117 cm³/mol. The average Bonchev–Trinajstić information content (AvgIpc) is 3.26. The third kappa shape index (κ3) is 5.13. The van der Waals surface area contributed by atoms with Crippen LogP contribution in [-0.4, -0.2) is 10.9 Å². The fraction of sp³-hybridized carbons (Fsp3) is 0.0833. The number of nitrogens with one attached hydrogen (secondary N) is 1. The number of carbonyl (C=O) groups is 1. The number of carbonyl (C=O) groups excluding carboxylic acids is 1. The highest BCUT2D eigenvalue weighted by Gasteiger charge is 2.14. The molecule has 4 rings (SSSR count). The van der Waals surface area contributed by atoms with Crippen molar-refractivity contribution in [3.63, 3.8) is 0 Å². The van der Waals surface area contributed by atoms with Gasteiger partial charge in [-0.1, -0.05) is 30.3 Å². The van der Waals surface area contributed by atoms with Crippen LogP contribution < -0.4 is 10.1 Å². The van der Waals surface area contributed by atoms with Crippen LogP contribution in [0, 0.1) is 18.6 Å². The lowest BCUT2D eigenvalue weighted by atomic mass is 10.2. The molecule has 7 heteroatoms. The molecular weight excluding hydrogens is 418 g/mol. The molecule has 0 unspecified atom stereocenters. The van der Waals surface area contributed by atoms with Crippen LogP contribution in [0.4, 0.5) is 14.5 Å². The van der Waals surface area contributed by atoms with E-state index in [9.17, 15) is 13.6 Å². The van der Waals surface area contributed by atoms with Gasteiger partial charge < -0.3 is 10.1 Å². The molecule has 1 heterocycles. The lowest BCUT2D eigenvalue weighted by molar-refractivity contribution is 0.102. The summed E-state index contributed by atoms with van der Waals surface area (Å²) in [6, 6.07) is 18.0. The molecular formula is C24H18F2N2O2S. The lowest BCUT2D eigenvalue weighted by Crippen LogP contribution is -2.13. The van der Waals surface area contributed by atoms with Crippen LogP contribution in [0.5, 0.6) is 5.75 Å². The van der Waals surface area contributed by atoms with Crippen LogP contribution in [0.2, 0.25) is 0 Å². The number of amides is 1. The second kappa shape index (κ2) is 9.06. The maximum Gasteiger partial charge on any atom is 0.275 e. The number of rotatable bonds is 6. The maximum atomic E-state index is 13.9. The van der Waals surface area contributed by atoms with Gasteiger partial charge >= 0.3 is 0 Å². The van der Waals surface area contributed by atoms with Gasteiger partial charge in [-0.3, -0.25) is 4.79 Å². The first-order chi connectivity index (χ1) is 15.0. The van der Waals surface area contributed by atoms with Crippen molar-refractivity contribution < 1.29 is 18.3 Å². The lowest BCUT2D eigenvalue weighted by Gasteiger charge is -2.07. The van der Waals surface area contributed by atoms with Crippen LogP contribution >= 0.6 is 11.3 Å². The van der Waals surface area contributed by atoms with Gasteiger partial charge in [-0.05, 0) is 54.4 Å². The smallest absolute Gasteiger partial charge is 0.275 e. The summed E-state index contributed by atoms with van der Waals surface area (Å²) >= 11 is 1.30. The first kappa shape index (κ1) is 20.7. The molecule has 1 aromatic heterocycles. The zero-order chi connectivity index (χ0) is 21.8. The van der Waals surface area contributed by atoms with Gasteiger partial charge in [-0.15, -0.1) is 11.3 Å². The quantitative estimate of drug-likeness (QED) is 0.390. The average molecular weight is 436 g/mol. The van der Waals surface area contributed by atoms with Gasteiger partial charge in [0, 0.05) is 10.9 Å². The molecule has 0 aliphatic rings. The summed E-state index contributed by atoms with van der Waals surface area (Å²) < 4.78 is 33.0. The van der Waals surface area contributed by atoms with E-state index in [0.29, 0.717) is 10.8 Å². The summed E-state index contributed by atoms with van der Waals surface area (Å²) in [5.74, 6) is -0.693. The minimum Gasteiger partial charge on any atom is -0.489 e. The molecule has 0 fully saturated rings. The van der Waals surface area contributed by atoms with Crippen molar-refractivity contribution in [1.29, 1.82) is 0 Å². The molecule has 0 saturated carbocycles. The van der Waals surface area contributed by atoms with E-state index in [4.69, 9.17) is 4.74 Å². The van der Waals surface area contributed by atoms with Gasteiger partial charge in [0.15, 0.2) is 0 Å². The van der Waals surface area contributed by atoms with Gasteiger partial charge in [-0.25, -0.2) is 13.8 Å². The number of hydrogen-bond donors (Lipinski definition) is 1. The first-order valence-corrected chi connectivity index (χ1v) is 10.4. The van der Waals surface area contributed by atoms with Crippen molar-refractivity contribution >= 4 is 22.9 Å². The topological polar surface area (TPSA) is 51.2 Å². The van der Waals surface area contributed by atoms with Gasteiger partial charge in [0.2, 0.25) is 0 Å². The third-order valence-electron chi connectivity index (χ3n) is 4.48. The summed E-state index contributed by atoms with van der Waals surface area (Å²) in [5, 5.41) is 4.82. The highest BCUT2D eigenvalue weighted by molar-refractivity contribution is 7.13. The SMILES string of the molecule is Cc1ccc(F)c(NC(=O)c2csc(-c3cccc(OCc4cccc(F)c4)c3)n2)c1. The first-order valence-electron chi connectivity index (χ1n) is 9.48. The molecule has 0 bridgehead atoms. The molecule has 0 aliphatic carbocycles. The fourth-order valence-electron chi connectivity index (χ4n) is 2.94. The number of benzene rings is 3. The minimum atomic E-state index is -0.502. The van der Waals surface area contributed by atoms with E-state index >= 15 is 0 Å². The molecule has 0 radical (unpaired) electrons. The fourth-order valence-corrected chi connectivity index (χ4v) is 3.74. The van der Waals surface area contributed by atoms with Crippen LogP contribution in [0.3, 0.4) is 0 Å². The zero-order valence-corrected chi connectivity index (χ0v) is 17.4. The Balaban J connectivity index is 1.46. The Bertz CT molecular complexity index is 1240. The van der Waals surface area contributed by atoms with E-state index in [2.05, 4.69) is 10.3 Å². The van der Waals surface area contributed by atoms with Crippen molar-refractivity contribution in [3.8, 4) is 16.3 Å². The molecule has 0 aliphatic heterocycles. The summed E-state index contributed by atoms with van der Waals surface area (Å²) in [6.07, 6.45) is 0. The van der Waals surface area contributed by atoms with E-state index in [0.717, 1.165) is 16.7 Å². The highest BCUT2D eigenvalue weighted by atomic mass is 32.1. The molecule has 1 N–H and O–H groups in total. The molecule has 0 saturated heterocycles. The monoisotopic (exact) mass is 436 g/mol. The molecule has 3 aromatic carbocycles. The van der Waals surface area contributed by atoms with Gasteiger partial charge in [0.05, 0.1) is 5.69 Å². The molecule has 4 aromatic rings. The molecule has 0 atom stereocenters. The van der Waals surface area contributed by atoms with E-state index in [1.165, 1.54) is 29.5 Å². The number of aromatic nitrogens is 1. The normalized spacial score (nSPS) is 10.7. The van der Waals surface area contributed by atoms with Crippen molar-refractivity contribution in [2.45, 2.75) is 13.5 Å². The largest absolute Gasteiger partial charge is 0.489 e. The van der Waals surface area contributed by atoms with Crippen LogP contribution in [-0.2, 0) is 6.61 Å². The van der Waals surface area contributed by atoms with E-state index < -0.39 is 11.7 Å². The highest BCUT2D eigenvalue weighted by Crippen LogP contribution is 2.28. The molecule has 1 amide bonds. The van der Waals surface area contributed by atoms with E-state index in [1.54, 1.807) is 41.8 Å². The predicted octanol–water partition coefficient (Wildman–Crippen LogP) is 6.23. The summed E-state index contributed by atoms with van der Waals surface area (Å²) in [7, 11) is 0. The second-order valence-corrected chi connectivity index (χ2v) is 7.78. The number of aryl methyl sites for hydroxylation is 1. The Morgan fingerprint density at radius 1 is 1.06 bits per heavy atom. The van der Waals surface area contributed by atoms with Crippen LogP contribution in [0.25, 0.3) is 10.6 Å². The van der Waals surface area contributed by atoms with Gasteiger partial charge in [-0.2, -0.15) is 0 Å². The maximum absolute atomic E-state index is 13.9. The van der Waals surface area contributed by atoms with E-state index in [1.807, 2.05) is 19.1 Å². The van der Waals surface area contributed by atoms with Gasteiger partial charge in [0.1, 0.15) is 34.7 Å². The minimum absolute atomic E-state index is 0.118. The molecule has 0 spiro atoms. The Morgan fingerprint density at radius 2 is 1.90 bits per heavy atom.